The Balaban J connectivity index is 2.79. The minimum Gasteiger partial charge on any atom is -0.381 e. The van der Waals surface area contributed by atoms with Crippen LogP contribution in [0.15, 0.2) is 22.7 Å². The molecule has 0 amide bonds. The third-order valence-electron chi connectivity index (χ3n) is 2.85. The molecular weight excluding hydrogens is 292 g/mol. The Morgan fingerprint density at radius 2 is 2.17 bits per heavy atom. The smallest absolute Gasteiger partial charge is 0.101 e. The van der Waals surface area contributed by atoms with Crippen molar-refractivity contribution in [3.05, 3.63) is 28.2 Å². The zero-order valence-corrected chi connectivity index (χ0v) is 12.8. The fourth-order valence-electron chi connectivity index (χ4n) is 1.87. The molecule has 0 aliphatic carbocycles. The monoisotopic (exact) mass is 310 g/mol. The summed E-state index contributed by atoms with van der Waals surface area (Å²) in [7, 11) is 1.71. The van der Waals surface area contributed by atoms with E-state index < -0.39 is 0 Å². The van der Waals surface area contributed by atoms with E-state index in [-0.39, 0.29) is 11.6 Å². The van der Waals surface area contributed by atoms with E-state index in [1.165, 1.54) is 0 Å². The first-order valence-corrected chi connectivity index (χ1v) is 6.68. The predicted molar refractivity (Wildman–Crippen MR) is 77.6 cm³/mol. The van der Waals surface area contributed by atoms with Crippen LogP contribution in [0.1, 0.15) is 32.8 Å². The first-order valence-electron chi connectivity index (χ1n) is 5.89. The van der Waals surface area contributed by atoms with Crippen molar-refractivity contribution in [1.29, 1.82) is 5.26 Å². The number of anilines is 1. The second kappa shape index (κ2) is 6.21. The van der Waals surface area contributed by atoms with Crippen molar-refractivity contribution in [2.24, 2.45) is 0 Å². The van der Waals surface area contributed by atoms with Gasteiger partial charge in [0.15, 0.2) is 0 Å². The van der Waals surface area contributed by atoms with E-state index >= 15 is 0 Å². The fraction of sp³-hybridized carbons (Fsp3) is 0.500. The summed E-state index contributed by atoms with van der Waals surface area (Å²) in [6.45, 7) is 6.19. The van der Waals surface area contributed by atoms with Crippen LogP contribution in [0.25, 0.3) is 0 Å². The van der Waals surface area contributed by atoms with E-state index in [9.17, 15) is 0 Å². The molecule has 0 fully saturated rings. The first kappa shape index (κ1) is 15.0. The van der Waals surface area contributed by atoms with Gasteiger partial charge in [0.1, 0.15) is 6.07 Å². The molecule has 1 aromatic carbocycles. The fourth-order valence-corrected chi connectivity index (χ4v) is 2.23. The summed E-state index contributed by atoms with van der Waals surface area (Å²) < 4.78 is 6.37. The number of hydrogen-bond donors (Lipinski definition) is 1. The highest BCUT2D eigenvalue weighted by Gasteiger charge is 2.20. The zero-order valence-electron chi connectivity index (χ0n) is 11.2. The molecule has 1 rings (SSSR count). The summed E-state index contributed by atoms with van der Waals surface area (Å²) in [6.07, 6.45) is 0.862. The molecule has 0 bridgehead atoms. The number of nitrogens with one attached hydrogen (secondary N) is 1. The highest BCUT2D eigenvalue weighted by atomic mass is 79.9. The lowest BCUT2D eigenvalue weighted by Gasteiger charge is -2.27. The van der Waals surface area contributed by atoms with Crippen molar-refractivity contribution in [2.45, 2.75) is 38.8 Å². The van der Waals surface area contributed by atoms with Gasteiger partial charge in [-0.05, 0) is 45.4 Å². The van der Waals surface area contributed by atoms with Crippen molar-refractivity contribution in [2.75, 3.05) is 12.4 Å². The van der Waals surface area contributed by atoms with E-state index in [0.717, 1.165) is 16.6 Å². The third kappa shape index (κ3) is 4.32. The molecule has 18 heavy (non-hydrogen) atoms. The molecule has 1 aromatic rings. The molecule has 0 radical (unpaired) electrons. The van der Waals surface area contributed by atoms with Crippen molar-refractivity contribution < 1.29 is 4.74 Å². The van der Waals surface area contributed by atoms with Gasteiger partial charge in [-0.2, -0.15) is 5.26 Å². The number of halogens is 1. The van der Waals surface area contributed by atoms with Crippen LogP contribution < -0.4 is 5.32 Å². The molecule has 0 heterocycles. The quantitative estimate of drug-likeness (QED) is 0.896. The minimum atomic E-state index is -0.175. The Morgan fingerprint density at radius 3 is 2.72 bits per heavy atom. The van der Waals surface area contributed by atoms with Crippen LogP contribution in [0, 0.1) is 11.3 Å². The number of rotatable bonds is 5. The van der Waals surface area contributed by atoms with Crippen molar-refractivity contribution in [1.82, 2.24) is 0 Å². The lowest BCUT2D eigenvalue weighted by Crippen LogP contribution is -2.31. The van der Waals surface area contributed by atoms with Crippen LogP contribution in [-0.4, -0.2) is 18.8 Å². The van der Waals surface area contributed by atoms with E-state index in [0.29, 0.717) is 5.56 Å². The Morgan fingerprint density at radius 1 is 1.50 bits per heavy atom. The number of nitriles is 1. The first-order chi connectivity index (χ1) is 8.38. The molecule has 0 saturated carbocycles. The van der Waals surface area contributed by atoms with Crippen molar-refractivity contribution in [3.8, 4) is 6.07 Å². The molecule has 0 aliphatic heterocycles. The second-order valence-electron chi connectivity index (χ2n) is 5.02. The average Bonchev–Trinajstić information content (AvgIpc) is 2.28. The molecule has 1 N–H and O–H groups in total. The largest absolute Gasteiger partial charge is 0.381 e. The molecule has 3 nitrogen and oxygen atoms in total. The molecule has 1 unspecified atom stereocenters. The molecule has 0 saturated heterocycles. The number of benzene rings is 1. The van der Waals surface area contributed by atoms with Crippen molar-refractivity contribution >= 4 is 21.6 Å². The van der Waals surface area contributed by atoms with Crippen LogP contribution in [0.5, 0.6) is 0 Å². The molecule has 0 aromatic heterocycles. The Hall–Kier alpha value is -1.05. The average molecular weight is 311 g/mol. The van der Waals surface area contributed by atoms with Crippen LogP contribution in [-0.2, 0) is 4.74 Å². The van der Waals surface area contributed by atoms with Crippen LogP contribution in [0.4, 0.5) is 5.69 Å². The SMILES string of the molecule is COC(C)(C)CC(C)Nc1cc(Br)ccc1C#N. The zero-order chi connectivity index (χ0) is 13.8. The molecular formula is C14H19BrN2O. The standard InChI is InChI=1S/C14H19BrN2O/c1-10(8-14(2,3)18-4)17-13-7-12(15)6-5-11(13)9-16/h5-7,10,17H,8H2,1-4H3. The van der Waals surface area contributed by atoms with Crippen molar-refractivity contribution in [3.63, 3.8) is 0 Å². The van der Waals surface area contributed by atoms with Crippen LogP contribution in [0.2, 0.25) is 0 Å². The molecule has 0 spiro atoms. The maximum Gasteiger partial charge on any atom is 0.101 e. The van der Waals surface area contributed by atoms with Gasteiger partial charge in [0.05, 0.1) is 16.9 Å². The van der Waals surface area contributed by atoms with Crippen LogP contribution in [0.3, 0.4) is 0 Å². The Kier molecular flexibility index (Phi) is 5.18. The highest BCUT2D eigenvalue weighted by molar-refractivity contribution is 9.10. The summed E-state index contributed by atoms with van der Waals surface area (Å²) >= 11 is 3.42. The van der Waals surface area contributed by atoms with Crippen LogP contribution >= 0.6 is 15.9 Å². The predicted octanol–water partition coefficient (Wildman–Crippen LogP) is 3.94. The second-order valence-corrected chi connectivity index (χ2v) is 5.93. The number of methoxy groups -OCH3 is 1. The minimum absolute atomic E-state index is 0.175. The molecule has 0 aliphatic rings. The lowest BCUT2D eigenvalue weighted by atomic mass is 9.99. The summed E-state index contributed by atoms with van der Waals surface area (Å²) in [5.41, 5.74) is 1.33. The summed E-state index contributed by atoms with van der Waals surface area (Å²) in [4.78, 5) is 0. The van der Waals surface area contributed by atoms with Gasteiger partial charge in [-0.15, -0.1) is 0 Å². The number of ether oxygens (including phenoxy) is 1. The highest BCUT2D eigenvalue weighted by Crippen LogP contribution is 2.24. The lowest BCUT2D eigenvalue weighted by molar-refractivity contribution is 0.0128. The van der Waals surface area contributed by atoms with E-state index in [1.807, 2.05) is 12.1 Å². The van der Waals surface area contributed by atoms with Gasteiger partial charge in [0, 0.05) is 17.6 Å². The van der Waals surface area contributed by atoms with Gasteiger partial charge in [-0.25, -0.2) is 0 Å². The normalized spacial score (nSPS) is 12.9. The summed E-state index contributed by atoms with van der Waals surface area (Å²) in [5.74, 6) is 0. The van der Waals surface area contributed by atoms with Gasteiger partial charge in [-0.3, -0.25) is 0 Å². The van der Waals surface area contributed by atoms with Gasteiger partial charge in [0.25, 0.3) is 0 Å². The van der Waals surface area contributed by atoms with Gasteiger partial charge in [0.2, 0.25) is 0 Å². The summed E-state index contributed by atoms with van der Waals surface area (Å²) in [5, 5.41) is 12.4. The maximum absolute atomic E-state index is 9.07. The summed E-state index contributed by atoms with van der Waals surface area (Å²) in [6, 6.07) is 8.01. The topological polar surface area (TPSA) is 45.0 Å². The third-order valence-corrected chi connectivity index (χ3v) is 3.35. The van der Waals surface area contributed by atoms with Gasteiger partial charge in [-0.1, -0.05) is 15.9 Å². The molecule has 98 valence electrons. The van der Waals surface area contributed by atoms with Gasteiger partial charge >= 0.3 is 0 Å². The Labute approximate surface area is 117 Å². The molecule has 4 heteroatoms. The van der Waals surface area contributed by atoms with E-state index in [4.69, 9.17) is 10.00 Å². The van der Waals surface area contributed by atoms with E-state index in [1.54, 1.807) is 13.2 Å². The Bertz CT molecular complexity index is 452. The van der Waals surface area contributed by atoms with Gasteiger partial charge < -0.3 is 10.1 Å². The number of hydrogen-bond acceptors (Lipinski definition) is 3. The molecule has 1 atom stereocenters. The maximum atomic E-state index is 9.07. The number of nitrogens with zero attached hydrogens (tertiary/aromatic N) is 1. The van der Waals surface area contributed by atoms with E-state index in [2.05, 4.69) is 48.1 Å².